The topological polar surface area (TPSA) is 62.2 Å². The SMILES string of the molecule is CCN(CC)c1ccc(CN(C(=O)c2csc(-c3ccncc3)n2)c2ccc(F)cc2)cn1. The molecule has 0 bridgehead atoms. The fraction of sp³-hybridized carbons (Fsp3) is 0.200. The molecule has 0 saturated heterocycles. The van der Waals surface area contributed by atoms with Crippen LogP contribution in [0.5, 0.6) is 0 Å². The normalized spacial score (nSPS) is 10.8. The number of rotatable bonds is 8. The lowest BCUT2D eigenvalue weighted by Crippen LogP contribution is -2.31. The van der Waals surface area contributed by atoms with Gasteiger partial charge >= 0.3 is 0 Å². The Balaban J connectivity index is 1.62. The van der Waals surface area contributed by atoms with E-state index in [9.17, 15) is 9.18 Å². The third-order valence-electron chi connectivity index (χ3n) is 5.27. The zero-order valence-electron chi connectivity index (χ0n) is 18.5. The predicted octanol–water partition coefficient (Wildman–Crippen LogP) is 5.43. The van der Waals surface area contributed by atoms with Crippen LogP contribution in [0.25, 0.3) is 10.6 Å². The van der Waals surface area contributed by atoms with Crippen molar-refractivity contribution in [1.29, 1.82) is 0 Å². The molecule has 0 aliphatic heterocycles. The van der Waals surface area contributed by atoms with E-state index in [-0.39, 0.29) is 18.3 Å². The molecule has 3 heterocycles. The van der Waals surface area contributed by atoms with Gasteiger partial charge in [0.25, 0.3) is 5.91 Å². The minimum absolute atomic E-state index is 0.258. The fourth-order valence-corrected chi connectivity index (χ4v) is 4.27. The van der Waals surface area contributed by atoms with Gasteiger partial charge in [0.2, 0.25) is 0 Å². The van der Waals surface area contributed by atoms with Crippen LogP contribution in [0, 0.1) is 5.82 Å². The van der Waals surface area contributed by atoms with Gasteiger partial charge in [-0.3, -0.25) is 9.78 Å². The van der Waals surface area contributed by atoms with Gasteiger partial charge in [0, 0.05) is 48.3 Å². The van der Waals surface area contributed by atoms with Crippen LogP contribution in [0.4, 0.5) is 15.9 Å². The van der Waals surface area contributed by atoms with E-state index in [0.29, 0.717) is 11.4 Å². The van der Waals surface area contributed by atoms with Crippen LogP contribution in [0.1, 0.15) is 29.9 Å². The van der Waals surface area contributed by atoms with E-state index in [1.165, 1.54) is 23.5 Å². The van der Waals surface area contributed by atoms with Crippen molar-refractivity contribution in [1.82, 2.24) is 15.0 Å². The Labute approximate surface area is 196 Å². The highest BCUT2D eigenvalue weighted by atomic mass is 32.1. The van der Waals surface area contributed by atoms with Gasteiger partial charge in [-0.1, -0.05) is 6.07 Å². The molecule has 3 aromatic heterocycles. The molecule has 0 spiro atoms. The number of pyridine rings is 2. The van der Waals surface area contributed by atoms with Crippen LogP contribution < -0.4 is 9.80 Å². The summed E-state index contributed by atoms with van der Waals surface area (Å²) in [7, 11) is 0. The third-order valence-corrected chi connectivity index (χ3v) is 6.16. The van der Waals surface area contributed by atoms with Crippen molar-refractivity contribution in [2.24, 2.45) is 0 Å². The van der Waals surface area contributed by atoms with Gasteiger partial charge in [0.05, 0.1) is 6.54 Å². The number of hydrogen-bond acceptors (Lipinski definition) is 6. The predicted molar refractivity (Wildman–Crippen MR) is 130 cm³/mol. The van der Waals surface area contributed by atoms with E-state index in [0.717, 1.165) is 35.0 Å². The number of carbonyl (C=O) groups excluding carboxylic acids is 1. The average molecular weight is 462 g/mol. The molecule has 0 radical (unpaired) electrons. The molecule has 4 rings (SSSR count). The maximum absolute atomic E-state index is 13.5. The molecule has 6 nitrogen and oxygen atoms in total. The summed E-state index contributed by atoms with van der Waals surface area (Å²) in [6, 6.07) is 13.5. The van der Waals surface area contributed by atoms with Gasteiger partial charge in [-0.25, -0.2) is 14.4 Å². The molecular formula is C25H24FN5OS. The van der Waals surface area contributed by atoms with Crippen LogP contribution in [0.3, 0.4) is 0 Å². The standard InChI is InChI=1S/C25H24FN5OS/c1-3-30(4-2)23-10-5-18(15-28-23)16-31(21-8-6-20(26)7-9-21)25(32)22-17-33-24(29-22)19-11-13-27-14-12-19/h5-15,17H,3-4,16H2,1-2H3. The number of aromatic nitrogens is 3. The van der Waals surface area contributed by atoms with Crippen molar-refractivity contribution in [3.8, 4) is 10.6 Å². The number of nitrogens with zero attached hydrogens (tertiary/aromatic N) is 5. The lowest BCUT2D eigenvalue weighted by Gasteiger charge is -2.23. The summed E-state index contributed by atoms with van der Waals surface area (Å²) < 4.78 is 13.5. The highest BCUT2D eigenvalue weighted by Gasteiger charge is 2.22. The first kappa shape index (κ1) is 22.5. The lowest BCUT2D eigenvalue weighted by atomic mass is 10.2. The highest BCUT2D eigenvalue weighted by Crippen LogP contribution is 2.26. The maximum Gasteiger partial charge on any atom is 0.278 e. The number of benzene rings is 1. The van der Waals surface area contributed by atoms with Crippen molar-refractivity contribution in [3.63, 3.8) is 0 Å². The molecule has 33 heavy (non-hydrogen) atoms. The first-order chi connectivity index (χ1) is 16.1. The smallest absolute Gasteiger partial charge is 0.278 e. The molecule has 0 aliphatic carbocycles. The van der Waals surface area contributed by atoms with E-state index in [2.05, 4.69) is 33.7 Å². The molecule has 1 amide bonds. The number of hydrogen-bond donors (Lipinski definition) is 0. The molecule has 168 valence electrons. The van der Waals surface area contributed by atoms with Crippen molar-refractivity contribution in [2.45, 2.75) is 20.4 Å². The van der Waals surface area contributed by atoms with E-state index in [4.69, 9.17) is 0 Å². The summed E-state index contributed by atoms with van der Waals surface area (Å²) >= 11 is 1.40. The minimum Gasteiger partial charge on any atom is -0.357 e. The van der Waals surface area contributed by atoms with E-state index in [1.54, 1.807) is 41.0 Å². The second kappa shape index (κ2) is 10.3. The van der Waals surface area contributed by atoms with Gasteiger partial charge in [-0.15, -0.1) is 11.3 Å². The zero-order chi connectivity index (χ0) is 23.2. The summed E-state index contributed by atoms with van der Waals surface area (Å²) in [5.74, 6) is 0.279. The average Bonchev–Trinajstić information content (AvgIpc) is 3.35. The molecule has 0 fully saturated rings. The summed E-state index contributed by atoms with van der Waals surface area (Å²) in [5, 5.41) is 2.49. The Bertz CT molecular complexity index is 1190. The zero-order valence-corrected chi connectivity index (χ0v) is 19.3. The summed E-state index contributed by atoms with van der Waals surface area (Å²) in [4.78, 5) is 30.4. The van der Waals surface area contributed by atoms with Gasteiger partial charge in [0.1, 0.15) is 22.3 Å². The molecule has 4 aromatic rings. The first-order valence-corrected chi connectivity index (χ1v) is 11.6. The fourth-order valence-electron chi connectivity index (χ4n) is 3.47. The Kier molecular flexibility index (Phi) is 7.04. The molecule has 0 atom stereocenters. The quantitative estimate of drug-likeness (QED) is 0.350. The molecule has 0 saturated carbocycles. The van der Waals surface area contributed by atoms with E-state index < -0.39 is 0 Å². The summed E-state index contributed by atoms with van der Waals surface area (Å²) in [6.07, 6.45) is 5.16. The number of anilines is 2. The Morgan fingerprint density at radius 3 is 2.36 bits per heavy atom. The Morgan fingerprint density at radius 1 is 1.00 bits per heavy atom. The Hall–Kier alpha value is -3.65. The van der Waals surface area contributed by atoms with Crippen LogP contribution in [0.15, 0.2) is 72.5 Å². The third kappa shape index (κ3) is 5.23. The van der Waals surface area contributed by atoms with Gasteiger partial charge in [0.15, 0.2) is 0 Å². The Morgan fingerprint density at radius 2 is 1.73 bits per heavy atom. The maximum atomic E-state index is 13.5. The minimum atomic E-state index is -0.356. The monoisotopic (exact) mass is 461 g/mol. The molecule has 8 heteroatoms. The van der Waals surface area contributed by atoms with Crippen molar-refractivity contribution in [3.05, 3.63) is 89.6 Å². The molecule has 0 unspecified atom stereocenters. The second-order valence-electron chi connectivity index (χ2n) is 7.34. The number of amides is 1. The van der Waals surface area contributed by atoms with Crippen molar-refractivity contribution >= 4 is 28.7 Å². The van der Waals surface area contributed by atoms with Crippen molar-refractivity contribution in [2.75, 3.05) is 22.9 Å². The van der Waals surface area contributed by atoms with Gasteiger partial charge in [-0.2, -0.15) is 0 Å². The summed E-state index contributed by atoms with van der Waals surface area (Å²) in [5.41, 5.74) is 2.70. The summed E-state index contributed by atoms with van der Waals surface area (Å²) in [6.45, 7) is 6.20. The van der Waals surface area contributed by atoms with Crippen LogP contribution in [-0.4, -0.2) is 33.9 Å². The largest absolute Gasteiger partial charge is 0.357 e. The lowest BCUT2D eigenvalue weighted by molar-refractivity contribution is 0.0981. The number of thiazole rings is 1. The van der Waals surface area contributed by atoms with Crippen LogP contribution in [-0.2, 0) is 6.54 Å². The van der Waals surface area contributed by atoms with E-state index in [1.807, 2.05) is 24.3 Å². The number of carbonyl (C=O) groups is 1. The first-order valence-electron chi connectivity index (χ1n) is 10.7. The van der Waals surface area contributed by atoms with Crippen LogP contribution in [0.2, 0.25) is 0 Å². The van der Waals surface area contributed by atoms with E-state index >= 15 is 0 Å². The van der Waals surface area contributed by atoms with Crippen LogP contribution >= 0.6 is 11.3 Å². The van der Waals surface area contributed by atoms with Gasteiger partial charge < -0.3 is 9.80 Å². The van der Waals surface area contributed by atoms with Gasteiger partial charge in [-0.05, 0) is 61.9 Å². The molecule has 0 N–H and O–H groups in total. The molecular weight excluding hydrogens is 437 g/mol. The second-order valence-corrected chi connectivity index (χ2v) is 8.20. The molecule has 0 aliphatic rings. The number of halogens is 1. The molecule has 1 aromatic carbocycles. The van der Waals surface area contributed by atoms with Crippen molar-refractivity contribution < 1.29 is 9.18 Å². The highest BCUT2D eigenvalue weighted by molar-refractivity contribution is 7.13.